The highest BCUT2D eigenvalue weighted by Crippen LogP contribution is 2.23. The molecule has 0 aliphatic rings. The Morgan fingerprint density at radius 3 is 2.30 bits per heavy atom. The van der Waals surface area contributed by atoms with Crippen molar-refractivity contribution in [1.82, 2.24) is 10.2 Å². The quantitative estimate of drug-likeness (QED) is 0.667. The summed E-state index contributed by atoms with van der Waals surface area (Å²) in [6.45, 7) is 2.49. The highest BCUT2D eigenvalue weighted by molar-refractivity contribution is 6.03. The van der Waals surface area contributed by atoms with Crippen LogP contribution in [0.4, 0.5) is 6.01 Å². The lowest BCUT2D eigenvalue weighted by molar-refractivity contribution is 0.0600. The van der Waals surface area contributed by atoms with Gasteiger partial charge in [-0.15, -0.1) is 5.10 Å². The van der Waals surface area contributed by atoms with Crippen LogP contribution in [-0.4, -0.2) is 35.8 Å². The second kappa shape index (κ2) is 8.13. The van der Waals surface area contributed by atoms with Crippen molar-refractivity contribution in [2.45, 2.75) is 6.92 Å². The average molecular weight is 367 g/mol. The number of amides is 1. The molecule has 1 heterocycles. The van der Waals surface area contributed by atoms with Gasteiger partial charge in [-0.25, -0.2) is 4.79 Å². The summed E-state index contributed by atoms with van der Waals surface area (Å²) in [5.74, 6) is 0.103. The third-order valence-corrected chi connectivity index (χ3v) is 3.63. The fraction of sp³-hybridized carbons (Fsp3) is 0.158. The van der Waals surface area contributed by atoms with Gasteiger partial charge in [0.1, 0.15) is 5.75 Å². The predicted molar refractivity (Wildman–Crippen MR) is 96.6 cm³/mol. The minimum atomic E-state index is -0.473. The molecule has 3 rings (SSSR count). The Bertz CT molecular complexity index is 933. The van der Waals surface area contributed by atoms with Crippen molar-refractivity contribution in [1.29, 1.82) is 0 Å². The van der Waals surface area contributed by atoms with E-state index in [1.165, 1.54) is 31.4 Å². The zero-order chi connectivity index (χ0) is 19.2. The highest BCUT2D eigenvalue weighted by Gasteiger charge is 2.14. The van der Waals surface area contributed by atoms with Gasteiger partial charge in [0.25, 0.3) is 5.91 Å². The van der Waals surface area contributed by atoms with Gasteiger partial charge in [-0.2, -0.15) is 0 Å². The van der Waals surface area contributed by atoms with E-state index in [9.17, 15) is 9.59 Å². The van der Waals surface area contributed by atoms with Crippen LogP contribution in [0.25, 0.3) is 11.5 Å². The summed E-state index contributed by atoms with van der Waals surface area (Å²) in [7, 11) is 1.29. The Kier molecular flexibility index (Phi) is 5.46. The van der Waals surface area contributed by atoms with Crippen molar-refractivity contribution >= 4 is 17.9 Å². The average Bonchev–Trinajstić information content (AvgIpc) is 3.16. The largest absolute Gasteiger partial charge is 0.494 e. The number of esters is 1. The Hall–Kier alpha value is -3.68. The summed E-state index contributed by atoms with van der Waals surface area (Å²) >= 11 is 0. The zero-order valence-corrected chi connectivity index (χ0v) is 14.8. The van der Waals surface area contributed by atoms with E-state index in [-0.39, 0.29) is 11.9 Å². The molecule has 8 nitrogen and oxygen atoms in total. The van der Waals surface area contributed by atoms with Gasteiger partial charge in [0.2, 0.25) is 5.89 Å². The molecule has 0 radical (unpaired) electrons. The Labute approximate surface area is 155 Å². The van der Waals surface area contributed by atoms with E-state index in [0.29, 0.717) is 23.3 Å². The van der Waals surface area contributed by atoms with Crippen molar-refractivity contribution in [2.75, 3.05) is 19.0 Å². The standard InChI is InChI=1S/C19H17N3O5/c1-3-26-15-10-8-13(9-11-15)17-21-22-19(27-17)20-16(23)12-4-6-14(7-5-12)18(24)25-2/h4-11H,3H2,1-2H3,(H,20,22,23). The van der Waals surface area contributed by atoms with Crippen LogP contribution in [0.5, 0.6) is 5.75 Å². The first-order chi connectivity index (χ1) is 13.1. The van der Waals surface area contributed by atoms with Gasteiger partial charge in [0.15, 0.2) is 0 Å². The number of carbonyl (C=O) groups excluding carboxylic acids is 2. The van der Waals surface area contributed by atoms with Crippen LogP contribution in [0.3, 0.4) is 0 Å². The number of methoxy groups -OCH3 is 1. The molecule has 0 saturated carbocycles. The van der Waals surface area contributed by atoms with Crippen LogP contribution in [0.1, 0.15) is 27.6 Å². The second-order valence-electron chi connectivity index (χ2n) is 5.39. The first-order valence-corrected chi connectivity index (χ1v) is 8.17. The molecular weight excluding hydrogens is 350 g/mol. The van der Waals surface area contributed by atoms with Crippen LogP contribution in [0.15, 0.2) is 52.9 Å². The van der Waals surface area contributed by atoms with E-state index in [1.54, 1.807) is 24.3 Å². The normalized spacial score (nSPS) is 10.3. The number of benzene rings is 2. The number of nitrogens with zero attached hydrogens (tertiary/aromatic N) is 2. The van der Waals surface area contributed by atoms with Crippen molar-refractivity contribution in [3.05, 3.63) is 59.7 Å². The molecule has 8 heteroatoms. The number of ether oxygens (including phenoxy) is 2. The lowest BCUT2D eigenvalue weighted by Gasteiger charge is -2.03. The number of aromatic nitrogens is 2. The summed E-state index contributed by atoms with van der Waals surface area (Å²) in [6, 6.07) is 13.1. The number of hydrogen-bond acceptors (Lipinski definition) is 7. The van der Waals surface area contributed by atoms with Crippen LogP contribution in [-0.2, 0) is 4.74 Å². The molecule has 0 atom stereocenters. The monoisotopic (exact) mass is 367 g/mol. The number of carbonyl (C=O) groups is 2. The van der Waals surface area contributed by atoms with Crippen LogP contribution in [0.2, 0.25) is 0 Å². The number of anilines is 1. The summed E-state index contributed by atoms with van der Waals surface area (Å²) < 4.78 is 15.5. The lowest BCUT2D eigenvalue weighted by Crippen LogP contribution is -2.12. The van der Waals surface area contributed by atoms with E-state index < -0.39 is 11.9 Å². The molecule has 0 saturated heterocycles. The predicted octanol–water partition coefficient (Wildman–Crippen LogP) is 3.17. The number of hydrogen-bond donors (Lipinski definition) is 1. The fourth-order valence-electron chi connectivity index (χ4n) is 2.30. The van der Waals surface area contributed by atoms with Crippen LogP contribution in [0, 0.1) is 0 Å². The maximum absolute atomic E-state index is 12.3. The van der Waals surface area contributed by atoms with Crippen LogP contribution >= 0.6 is 0 Å². The van der Waals surface area contributed by atoms with Crippen molar-refractivity contribution < 1.29 is 23.5 Å². The molecule has 1 aromatic heterocycles. The van der Waals surface area contributed by atoms with Gasteiger partial charge in [-0.3, -0.25) is 10.1 Å². The van der Waals surface area contributed by atoms with Gasteiger partial charge in [0, 0.05) is 11.1 Å². The molecule has 0 aliphatic heterocycles. The maximum Gasteiger partial charge on any atom is 0.337 e. The summed E-state index contributed by atoms with van der Waals surface area (Å²) in [4.78, 5) is 23.7. The van der Waals surface area contributed by atoms with Crippen molar-refractivity contribution in [3.8, 4) is 17.2 Å². The Balaban J connectivity index is 1.68. The fourth-order valence-corrected chi connectivity index (χ4v) is 2.30. The molecule has 138 valence electrons. The molecule has 1 N–H and O–H groups in total. The van der Waals surface area contributed by atoms with Gasteiger partial charge >= 0.3 is 12.0 Å². The first kappa shape index (κ1) is 18.1. The molecular formula is C19H17N3O5. The Morgan fingerprint density at radius 2 is 1.67 bits per heavy atom. The van der Waals surface area contributed by atoms with E-state index in [1.807, 2.05) is 6.92 Å². The minimum absolute atomic E-state index is 0.0269. The lowest BCUT2D eigenvalue weighted by atomic mass is 10.1. The second-order valence-corrected chi connectivity index (χ2v) is 5.39. The van der Waals surface area contributed by atoms with E-state index >= 15 is 0 Å². The van der Waals surface area contributed by atoms with Gasteiger partial charge in [-0.1, -0.05) is 5.10 Å². The molecule has 27 heavy (non-hydrogen) atoms. The molecule has 0 fully saturated rings. The minimum Gasteiger partial charge on any atom is -0.494 e. The van der Waals surface area contributed by atoms with Gasteiger partial charge in [-0.05, 0) is 55.5 Å². The number of nitrogens with one attached hydrogen (secondary N) is 1. The number of rotatable bonds is 6. The van der Waals surface area contributed by atoms with Crippen LogP contribution < -0.4 is 10.1 Å². The maximum atomic E-state index is 12.3. The topological polar surface area (TPSA) is 104 Å². The smallest absolute Gasteiger partial charge is 0.337 e. The zero-order valence-electron chi connectivity index (χ0n) is 14.8. The van der Waals surface area contributed by atoms with Crippen molar-refractivity contribution in [2.24, 2.45) is 0 Å². The molecule has 0 aliphatic carbocycles. The van der Waals surface area contributed by atoms with Gasteiger partial charge < -0.3 is 13.9 Å². The van der Waals surface area contributed by atoms with Gasteiger partial charge in [0.05, 0.1) is 19.3 Å². The van der Waals surface area contributed by atoms with Crippen molar-refractivity contribution in [3.63, 3.8) is 0 Å². The molecule has 0 unspecified atom stereocenters. The third kappa shape index (κ3) is 4.30. The molecule has 0 bridgehead atoms. The molecule has 3 aromatic rings. The third-order valence-electron chi connectivity index (χ3n) is 3.63. The molecule has 2 aromatic carbocycles. The first-order valence-electron chi connectivity index (χ1n) is 8.17. The summed E-state index contributed by atoms with van der Waals surface area (Å²) in [5.41, 5.74) is 1.39. The van der Waals surface area contributed by atoms with E-state index in [2.05, 4.69) is 20.3 Å². The van der Waals surface area contributed by atoms with E-state index in [4.69, 9.17) is 9.15 Å². The summed E-state index contributed by atoms with van der Waals surface area (Å²) in [6.07, 6.45) is 0. The Morgan fingerprint density at radius 1 is 1.00 bits per heavy atom. The molecule has 0 spiro atoms. The summed E-state index contributed by atoms with van der Waals surface area (Å²) in [5, 5.41) is 10.3. The highest BCUT2D eigenvalue weighted by atomic mass is 16.5. The van der Waals surface area contributed by atoms with E-state index in [0.717, 1.165) is 5.75 Å². The molecule has 1 amide bonds. The SMILES string of the molecule is CCOc1ccc(-c2nnc(NC(=O)c3ccc(C(=O)OC)cc3)o2)cc1.